The van der Waals surface area contributed by atoms with E-state index in [4.69, 9.17) is 4.74 Å². The fourth-order valence-corrected chi connectivity index (χ4v) is 4.03. The number of hydrogen-bond donors (Lipinski definition) is 0. The number of anilines is 1. The van der Waals surface area contributed by atoms with Gasteiger partial charge in [0.25, 0.3) is 5.91 Å². The number of benzene rings is 1. The molecule has 0 radical (unpaired) electrons. The summed E-state index contributed by atoms with van der Waals surface area (Å²) >= 11 is 0. The molecule has 8 heteroatoms. The second-order valence-corrected chi connectivity index (χ2v) is 7.48. The van der Waals surface area contributed by atoms with Crippen molar-refractivity contribution in [2.75, 3.05) is 44.3 Å². The first-order chi connectivity index (χ1) is 14.2. The Hall–Kier alpha value is -3.00. The molecule has 3 aromatic rings. The van der Waals surface area contributed by atoms with Crippen LogP contribution >= 0.6 is 0 Å². The van der Waals surface area contributed by atoms with Crippen LogP contribution in [-0.4, -0.2) is 64.8 Å². The molecule has 150 valence electrons. The smallest absolute Gasteiger partial charge is 0.256 e. The first kappa shape index (κ1) is 18.1. The monoisotopic (exact) mass is 395 g/mol. The topological polar surface area (TPSA) is 63.0 Å². The number of fused-ring (bicyclic) bond motifs is 1. The molecule has 2 aliphatic rings. The Morgan fingerprint density at radius 1 is 1.10 bits per heavy atom. The van der Waals surface area contributed by atoms with Gasteiger partial charge in [-0.15, -0.1) is 0 Å². The van der Waals surface area contributed by atoms with Crippen LogP contribution in [0.15, 0.2) is 42.6 Å². The van der Waals surface area contributed by atoms with Gasteiger partial charge in [-0.05, 0) is 30.7 Å². The van der Waals surface area contributed by atoms with E-state index in [9.17, 15) is 9.18 Å². The zero-order valence-corrected chi connectivity index (χ0v) is 16.0. The van der Waals surface area contributed by atoms with Crippen LogP contribution < -0.4 is 4.90 Å². The zero-order valence-electron chi connectivity index (χ0n) is 16.0. The number of aromatic nitrogens is 3. The predicted octanol–water partition coefficient (Wildman–Crippen LogP) is 2.33. The fraction of sp³-hybridized carbons (Fsp3) is 0.381. The summed E-state index contributed by atoms with van der Waals surface area (Å²) in [4.78, 5) is 21.3. The van der Waals surface area contributed by atoms with Gasteiger partial charge in [0, 0.05) is 32.1 Å². The molecule has 1 aromatic carbocycles. The minimum Gasteiger partial charge on any atom is -0.378 e. The second-order valence-electron chi connectivity index (χ2n) is 7.48. The van der Waals surface area contributed by atoms with Crippen molar-refractivity contribution >= 4 is 17.2 Å². The molecule has 1 unspecified atom stereocenters. The van der Waals surface area contributed by atoms with Crippen LogP contribution in [-0.2, 0) is 4.74 Å². The molecule has 0 spiro atoms. The highest BCUT2D eigenvalue weighted by Gasteiger charge is 2.31. The van der Waals surface area contributed by atoms with Crippen molar-refractivity contribution in [2.45, 2.75) is 12.3 Å². The van der Waals surface area contributed by atoms with E-state index in [0.717, 1.165) is 49.9 Å². The molecule has 5 rings (SSSR count). The van der Waals surface area contributed by atoms with Crippen molar-refractivity contribution in [1.29, 1.82) is 0 Å². The van der Waals surface area contributed by atoms with E-state index in [2.05, 4.69) is 21.0 Å². The summed E-state index contributed by atoms with van der Waals surface area (Å²) in [6.45, 7) is 4.27. The highest BCUT2D eigenvalue weighted by Crippen LogP contribution is 2.27. The van der Waals surface area contributed by atoms with Crippen LogP contribution in [0, 0.1) is 5.82 Å². The van der Waals surface area contributed by atoms with Gasteiger partial charge in [-0.3, -0.25) is 4.79 Å². The molecule has 2 aromatic heterocycles. The minimum atomic E-state index is -0.484. The standard InChI is InChI=1S/C21H22FN5O2/c22-18-4-2-1-3-17(18)21(28)26-8-7-15(13-26)20-23-19-6-5-16(14-27(19)24-20)25-9-11-29-12-10-25/h1-6,14-15H,7-13H2. The molecule has 0 N–H and O–H groups in total. The average Bonchev–Trinajstić information content (AvgIpc) is 3.41. The van der Waals surface area contributed by atoms with Gasteiger partial charge in [-0.2, -0.15) is 5.10 Å². The van der Waals surface area contributed by atoms with Crippen molar-refractivity contribution in [2.24, 2.45) is 0 Å². The fourth-order valence-electron chi connectivity index (χ4n) is 4.03. The summed E-state index contributed by atoms with van der Waals surface area (Å²) in [5.41, 5.74) is 2.00. The van der Waals surface area contributed by atoms with Gasteiger partial charge in [0.15, 0.2) is 11.5 Å². The van der Waals surface area contributed by atoms with Crippen LogP contribution in [0.1, 0.15) is 28.5 Å². The number of halogens is 1. The quantitative estimate of drug-likeness (QED) is 0.681. The molecule has 1 atom stereocenters. The van der Waals surface area contributed by atoms with E-state index in [1.807, 2.05) is 16.8 Å². The lowest BCUT2D eigenvalue weighted by molar-refractivity contribution is 0.0786. The number of carbonyl (C=O) groups excluding carboxylic acids is 1. The predicted molar refractivity (Wildman–Crippen MR) is 106 cm³/mol. The summed E-state index contributed by atoms with van der Waals surface area (Å²) in [5.74, 6) is 0.0248. The minimum absolute atomic E-state index is 0.0532. The number of pyridine rings is 1. The van der Waals surface area contributed by atoms with Gasteiger partial charge in [0.05, 0.1) is 30.7 Å². The third-order valence-corrected chi connectivity index (χ3v) is 5.65. The highest BCUT2D eigenvalue weighted by atomic mass is 19.1. The number of rotatable bonds is 3. The zero-order chi connectivity index (χ0) is 19.8. The molecular formula is C21H22FN5O2. The third-order valence-electron chi connectivity index (χ3n) is 5.65. The van der Waals surface area contributed by atoms with Crippen molar-refractivity contribution < 1.29 is 13.9 Å². The van der Waals surface area contributed by atoms with E-state index in [-0.39, 0.29) is 17.4 Å². The Morgan fingerprint density at radius 3 is 2.76 bits per heavy atom. The number of likely N-dealkylation sites (tertiary alicyclic amines) is 1. The van der Waals surface area contributed by atoms with Crippen LogP contribution in [0.2, 0.25) is 0 Å². The van der Waals surface area contributed by atoms with E-state index >= 15 is 0 Å². The lowest BCUT2D eigenvalue weighted by Gasteiger charge is -2.28. The lowest BCUT2D eigenvalue weighted by atomic mass is 10.1. The van der Waals surface area contributed by atoms with Gasteiger partial charge < -0.3 is 14.5 Å². The van der Waals surface area contributed by atoms with Crippen LogP contribution in [0.3, 0.4) is 0 Å². The summed E-state index contributed by atoms with van der Waals surface area (Å²) in [6, 6.07) is 10.1. The summed E-state index contributed by atoms with van der Waals surface area (Å²) in [5, 5.41) is 4.67. The number of carbonyl (C=O) groups is 1. The number of hydrogen-bond acceptors (Lipinski definition) is 5. The molecule has 2 saturated heterocycles. The number of ether oxygens (including phenoxy) is 1. The summed E-state index contributed by atoms with van der Waals surface area (Å²) in [7, 11) is 0. The van der Waals surface area contributed by atoms with E-state index in [1.54, 1.807) is 17.0 Å². The Morgan fingerprint density at radius 2 is 1.93 bits per heavy atom. The number of morpholine rings is 1. The van der Waals surface area contributed by atoms with Crippen LogP contribution in [0.25, 0.3) is 5.65 Å². The van der Waals surface area contributed by atoms with Crippen molar-refractivity contribution in [3.63, 3.8) is 0 Å². The molecular weight excluding hydrogens is 373 g/mol. The van der Waals surface area contributed by atoms with Crippen molar-refractivity contribution in [1.82, 2.24) is 19.5 Å². The van der Waals surface area contributed by atoms with Gasteiger partial charge in [0.1, 0.15) is 5.82 Å². The van der Waals surface area contributed by atoms with Crippen molar-refractivity contribution in [3.05, 3.63) is 59.8 Å². The maximum absolute atomic E-state index is 14.0. The summed E-state index contributed by atoms with van der Waals surface area (Å²) < 4.78 is 21.2. The maximum Gasteiger partial charge on any atom is 0.256 e. The van der Waals surface area contributed by atoms with Gasteiger partial charge >= 0.3 is 0 Å². The first-order valence-corrected chi connectivity index (χ1v) is 9.92. The molecule has 0 aliphatic carbocycles. The van der Waals surface area contributed by atoms with Gasteiger partial charge in [-0.1, -0.05) is 12.1 Å². The summed E-state index contributed by atoms with van der Waals surface area (Å²) in [6.07, 6.45) is 2.77. The van der Waals surface area contributed by atoms with E-state index in [0.29, 0.717) is 13.1 Å². The first-order valence-electron chi connectivity index (χ1n) is 9.92. The van der Waals surface area contributed by atoms with Crippen LogP contribution in [0.4, 0.5) is 10.1 Å². The van der Waals surface area contributed by atoms with Gasteiger partial charge in [-0.25, -0.2) is 13.9 Å². The Kier molecular flexibility index (Phi) is 4.63. The van der Waals surface area contributed by atoms with E-state index in [1.165, 1.54) is 12.1 Å². The molecule has 1 amide bonds. The molecule has 0 bridgehead atoms. The molecule has 4 heterocycles. The van der Waals surface area contributed by atoms with Gasteiger partial charge in [0.2, 0.25) is 0 Å². The lowest BCUT2D eigenvalue weighted by Crippen LogP contribution is -2.36. The van der Waals surface area contributed by atoms with Crippen molar-refractivity contribution in [3.8, 4) is 0 Å². The number of amides is 1. The number of nitrogens with zero attached hydrogens (tertiary/aromatic N) is 5. The Balaban J connectivity index is 1.33. The molecule has 0 saturated carbocycles. The second kappa shape index (κ2) is 7.44. The Bertz CT molecular complexity index is 1050. The van der Waals surface area contributed by atoms with E-state index < -0.39 is 5.82 Å². The molecule has 2 aliphatic heterocycles. The Labute approximate surface area is 167 Å². The molecule has 29 heavy (non-hydrogen) atoms. The normalized spacial score (nSPS) is 19.8. The molecule has 2 fully saturated rings. The highest BCUT2D eigenvalue weighted by molar-refractivity contribution is 5.94. The largest absolute Gasteiger partial charge is 0.378 e. The van der Waals surface area contributed by atoms with Crippen LogP contribution in [0.5, 0.6) is 0 Å². The maximum atomic E-state index is 14.0. The third kappa shape index (κ3) is 3.44. The molecule has 7 nitrogen and oxygen atoms in total. The average molecular weight is 395 g/mol. The SMILES string of the molecule is O=C(c1ccccc1F)N1CCC(c2nc3ccc(N4CCOCC4)cn3n2)C1.